The van der Waals surface area contributed by atoms with Gasteiger partial charge in [-0.15, -0.1) is 0 Å². The molecular weight excluding hydrogens is 523 g/mol. The van der Waals surface area contributed by atoms with Gasteiger partial charge in [-0.1, -0.05) is 18.2 Å². The molecule has 5 atom stereocenters. The summed E-state index contributed by atoms with van der Waals surface area (Å²) in [6.07, 6.45) is -0.190. The lowest BCUT2D eigenvalue weighted by molar-refractivity contribution is -0.197. The highest BCUT2D eigenvalue weighted by Gasteiger charge is 2.73. The van der Waals surface area contributed by atoms with Crippen LogP contribution in [0, 0.1) is 5.92 Å². The number of likely N-dealkylation sites (N-methyl/N-ethyl adjacent to an activating group) is 1. The fraction of sp³-hybridized carbons (Fsp3) is 0.567. The van der Waals surface area contributed by atoms with Gasteiger partial charge in [-0.2, -0.15) is 13.2 Å². The molecule has 2 heterocycles. The summed E-state index contributed by atoms with van der Waals surface area (Å²) in [7, 11) is 1.67. The van der Waals surface area contributed by atoms with Crippen molar-refractivity contribution in [1.29, 1.82) is 0 Å². The molecule has 7 rings (SSSR count). The van der Waals surface area contributed by atoms with Crippen LogP contribution in [0.5, 0.6) is 11.5 Å². The molecule has 2 aliphatic heterocycles. The number of phenolic OH excluding ortho intramolecular Hbond substituents is 1. The molecule has 3 aliphatic carbocycles. The number of alkyl halides is 3. The second-order valence-electron chi connectivity index (χ2n) is 12.4. The molecule has 10 heteroatoms. The second kappa shape index (κ2) is 8.76. The monoisotopic (exact) mass is 557 g/mol. The fourth-order valence-electron chi connectivity index (χ4n) is 8.16. The summed E-state index contributed by atoms with van der Waals surface area (Å²) in [6.45, 7) is 1.75. The maximum atomic E-state index is 13.3. The molecule has 3 N–H and O–H groups in total. The number of aromatic hydroxyl groups is 1. The van der Waals surface area contributed by atoms with E-state index in [1.54, 1.807) is 24.1 Å². The smallest absolute Gasteiger partial charge is 0.416 e. The Hall–Kier alpha value is -2.98. The Morgan fingerprint density at radius 3 is 2.75 bits per heavy atom. The van der Waals surface area contributed by atoms with E-state index in [0.717, 1.165) is 36.3 Å². The maximum Gasteiger partial charge on any atom is 0.416 e. The average Bonchev–Trinajstić information content (AvgIpc) is 3.66. The van der Waals surface area contributed by atoms with Gasteiger partial charge in [0, 0.05) is 31.7 Å². The van der Waals surface area contributed by atoms with Gasteiger partial charge < -0.3 is 25.2 Å². The molecule has 1 spiro atoms. The van der Waals surface area contributed by atoms with E-state index in [2.05, 4.69) is 10.2 Å². The lowest BCUT2D eigenvalue weighted by atomic mass is 9.48. The van der Waals surface area contributed by atoms with Crippen LogP contribution in [-0.2, 0) is 24.6 Å². The maximum absolute atomic E-state index is 13.3. The number of amides is 2. The van der Waals surface area contributed by atoms with Crippen LogP contribution in [0.1, 0.15) is 54.4 Å². The molecule has 2 aromatic rings. The van der Waals surface area contributed by atoms with Crippen LogP contribution < -0.4 is 10.1 Å². The molecule has 0 radical (unpaired) electrons. The third kappa shape index (κ3) is 3.67. The van der Waals surface area contributed by atoms with Crippen molar-refractivity contribution in [3.05, 3.63) is 58.7 Å². The van der Waals surface area contributed by atoms with E-state index in [1.165, 1.54) is 18.9 Å². The average molecular weight is 558 g/mol. The number of rotatable bonds is 5. The van der Waals surface area contributed by atoms with Crippen LogP contribution in [0.4, 0.5) is 18.0 Å². The zero-order valence-electron chi connectivity index (χ0n) is 22.4. The highest BCUT2D eigenvalue weighted by Crippen LogP contribution is 2.66. The summed E-state index contributed by atoms with van der Waals surface area (Å²) in [6, 6.07) is 7.66. The molecule has 2 saturated carbocycles. The number of nitrogens with one attached hydrogen (secondary N) is 1. The topological polar surface area (TPSA) is 85.3 Å². The van der Waals surface area contributed by atoms with Crippen molar-refractivity contribution in [2.45, 2.75) is 80.4 Å². The fourth-order valence-corrected chi connectivity index (χ4v) is 8.16. The lowest BCUT2D eigenvalue weighted by Gasteiger charge is -2.64. The number of nitrogens with zero attached hydrogens (tertiary/aromatic N) is 2. The predicted octanol–water partition coefficient (Wildman–Crippen LogP) is 4.19. The zero-order valence-corrected chi connectivity index (χ0v) is 22.4. The molecule has 1 saturated heterocycles. The number of benzene rings is 2. The van der Waals surface area contributed by atoms with Crippen LogP contribution in [0.25, 0.3) is 0 Å². The molecule has 5 aliphatic rings. The highest BCUT2D eigenvalue weighted by atomic mass is 19.4. The molecule has 0 aromatic heterocycles. The SMILES string of the molecule is CN(C(=O)NCc1cccc(C(F)(F)F)c1)[C@@H]1CC[C@@]2(O)[C@H]3Cc4ccc(O)c5c4[C@@]2(CCN3CC2CC2)[C@H]1O5. The van der Waals surface area contributed by atoms with E-state index in [-0.39, 0.29) is 18.3 Å². The number of aliphatic hydroxyl groups is 1. The van der Waals surface area contributed by atoms with Gasteiger partial charge in [-0.25, -0.2) is 4.79 Å². The molecule has 2 amide bonds. The second-order valence-corrected chi connectivity index (χ2v) is 12.4. The van der Waals surface area contributed by atoms with Crippen molar-refractivity contribution < 1.29 is 32.9 Å². The standard InChI is InChI=1S/C30H34F3N3O4/c1-35(27(38)34-15-18-3-2-4-20(13-18)30(31,32)33)21-9-10-29(39)23-14-19-7-8-22(37)25-24(19)28(29,26(21)40-25)11-12-36(23)16-17-5-6-17/h2-4,7-8,13,17,21,23,26,37,39H,5-6,9-12,14-16H2,1H3,(H,34,38)/t21-,23-,26+,28+,29-/m1/s1. The first-order valence-corrected chi connectivity index (χ1v) is 14.2. The lowest BCUT2D eigenvalue weighted by Crippen LogP contribution is -2.78. The third-order valence-electron chi connectivity index (χ3n) is 10.2. The Balaban J connectivity index is 1.17. The van der Waals surface area contributed by atoms with Crippen molar-refractivity contribution in [1.82, 2.24) is 15.1 Å². The Kier molecular flexibility index (Phi) is 5.68. The van der Waals surface area contributed by atoms with E-state index in [9.17, 15) is 28.2 Å². The first kappa shape index (κ1) is 26.0. The van der Waals surface area contributed by atoms with Crippen LogP contribution in [0.15, 0.2) is 36.4 Å². The minimum absolute atomic E-state index is 0.0409. The number of halogens is 3. The number of likely N-dealkylation sites (tertiary alicyclic amines) is 1. The van der Waals surface area contributed by atoms with Crippen LogP contribution in [0.2, 0.25) is 0 Å². The summed E-state index contributed by atoms with van der Waals surface area (Å²) in [5, 5.41) is 26.1. The molecule has 0 unspecified atom stereocenters. The Morgan fingerprint density at radius 2 is 2.00 bits per heavy atom. The quantitative estimate of drug-likeness (QED) is 0.514. The number of piperidine rings is 1. The van der Waals surface area contributed by atoms with E-state index >= 15 is 0 Å². The predicted molar refractivity (Wildman–Crippen MR) is 140 cm³/mol. The van der Waals surface area contributed by atoms with Gasteiger partial charge >= 0.3 is 12.2 Å². The third-order valence-corrected chi connectivity index (χ3v) is 10.2. The van der Waals surface area contributed by atoms with Crippen molar-refractivity contribution in [2.24, 2.45) is 5.92 Å². The van der Waals surface area contributed by atoms with Crippen LogP contribution >= 0.6 is 0 Å². The van der Waals surface area contributed by atoms with Gasteiger partial charge in [0.15, 0.2) is 11.5 Å². The summed E-state index contributed by atoms with van der Waals surface area (Å²) < 4.78 is 45.9. The first-order chi connectivity index (χ1) is 19.0. The van der Waals surface area contributed by atoms with Crippen LogP contribution in [0.3, 0.4) is 0 Å². The molecule has 7 nitrogen and oxygen atoms in total. The molecule has 2 aromatic carbocycles. The number of carbonyl (C=O) groups excluding carboxylic acids is 1. The van der Waals surface area contributed by atoms with Gasteiger partial charge in [0.2, 0.25) is 0 Å². The minimum Gasteiger partial charge on any atom is -0.504 e. The van der Waals surface area contributed by atoms with E-state index in [1.807, 2.05) is 6.07 Å². The molecule has 40 heavy (non-hydrogen) atoms. The summed E-state index contributed by atoms with van der Waals surface area (Å²) in [4.78, 5) is 17.4. The minimum atomic E-state index is -4.46. The number of urea groups is 1. The molecule has 214 valence electrons. The van der Waals surface area contributed by atoms with E-state index in [4.69, 9.17) is 4.74 Å². The Morgan fingerprint density at radius 1 is 1.20 bits per heavy atom. The van der Waals surface area contributed by atoms with Crippen LogP contribution in [-0.4, -0.2) is 70.0 Å². The van der Waals surface area contributed by atoms with Crippen molar-refractivity contribution in [2.75, 3.05) is 20.1 Å². The normalized spacial score (nSPS) is 32.3. The van der Waals surface area contributed by atoms with Crippen molar-refractivity contribution >= 4 is 6.03 Å². The number of carbonyl (C=O) groups is 1. The zero-order chi connectivity index (χ0) is 28.0. The summed E-state index contributed by atoms with van der Waals surface area (Å²) in [5.41, 5.74) is -0.232. The number of ether oxygens (including phenoxy) is 1. The highest BCUT2D eigenvalue weighted by molar-refractivity contribution is 5.75. The molecular formula is C30H34F3N3O4. The number of phenols is 1. The van der Waals surface area contributed by atoms with Gasteiger partial charge in [0.1, 0.15) is 6.10 Å². The van der Waals surface area contributed by atoms with E-state index in [0.29, 0.717) is 42.9 Å². The van der Waals surface area contributed by atoms with Gasteiger partial charge in [0.25, 0.3) is 0 Å². The Bertz CT molecular complexity index is 1360. The van der Waals surface area contributed by atoms with Gasteiger partial charge in [-0.05, 0) is 80.3 Å². The molecule has 3 fully saturated rings. The van der Waals surface area contributed by atoms with Gasteiger partial charge in [0.05, 0.1) is 22.6 Å². The summed E-state index contributed by atoms with van der Waals surface area (Å²) >= 11 is 0. The molecule has 2 bridgehead atoms. The number of hydrogen-bond donors (Lipinski definition) is 3. The summed E-state index contributed by atoms with van der Waals surface area (Å²) in [5.74, 6) is 1.15. The van der Waals surface area contributed by atoms with Gasteiger partial charge in [-0.3, -0.25) is 4.90 Å². The van der Waals surface area contributed by atoms with E-state index < -0.39 is 40.9 Å². The van der Waals surface area contributed by atoms with Crippen molar-refractivity contribution in [3.8, 4) is 11.5 Å². The number of hydrogen-bond acceptors (Lipinski definition) is 5. The Labute approximate surface area is 230 Å². The van der Waals surface area contributed by atoms with Crippen molar-refractivity contribution in [3.63, 3.8) is 0 Å². The first-order valence-electron chi connectivity index (χ1n) is 14.2. The largest absolute Gasteiger partial charge is 0.504 e.